The van der Waals surface area contributed by atoms with Crippen molar-refractivity contribution < 1.29 is 0 Å². The zero-order valence-corrected chi connectivity index (χ0v) is 13.2. The van der Waals surface area contributed by atoms with Crippen molar-refractivity contribution in [1.29, 1.82) is 0 Å². The molecule has 1 aromatic carbocycles. The first-order valence-electron chi connectivity index (χ1n) is 7.54. The molecule has 0 saturated carbocycles. The van der Waals surface area contributed by atoms with Gasteiger partial charge in [-0.25, -0.2) is 0 Å². The van der Waals surface area contributed by atoms with Crippen LogP contribution in [0.15, 0.2) is 24.3 Å². The normalized spacial score (nSPS) is 11.8. The first-order chi connectivity index (χ1) is 9.01. The van der Waals surface area contributed by atoms with E-state index in [9.17, 15) is 0 Å². The minimum absolute atomic E-state index is 0.539. The molecule has 0 atom stereocenters. The van der Waals surface area contributed by atoms with E-state index in [0.717, 1.165) is 25.6 Å². The summed E-state index contributed by atoms with van der Waals surface area (Å²) in [4.78, 5) is 2.51. The molecule has 0 amide bonds. The van der Waals surface area contributed by atoms with Crippen LogP contribution in [0.1, 0.15) is 45.7 Å². The molecule has 1 aromatic rings. The van der Waals surface area contributed by atoms with Crippen LogP contribution in [0.3, 0.4) is 0 Å². The van der Waals surface area contributed by atoms with E-state index in [1.165, 1.54) is 17.7 Å². The van der Waals surface area contributed by atoms with Crippen LogP contribution in [0.25, 0.3) is 0 Å². The predicted octanol–water partition coefficient (Wildman–Crippen LogP) is 3.66. The van der Waals surface area contributed by atoms with Crippen molar-refractivity contribution in [3.63, 3.8) is 0 Å². The first-order valence-corrected chi connectivity index (χ1v) is 7.54. The van der Waals surface area contributed by atoms with Crippen molar-refractivity contribution in [3.8, 4) is 0 Å². The van der Waals surface area contributed by atoms with Gasteiger partial charge in [0.25, 0.3) is 0 Å². The Kier molecular flexibility index (Phi) is 7.11. The van der Waals surface area contributed by atoms with E-state index in [4.69, 9.17) is 0 Å². The molecule has 0 unspecified atom stereocenters. The highest BCUT2D eigenvalue weighted by Crippen LogP contribution is 2.10. The van der Waals surface area contributed by atoms with Crippen molar-refractivity contribution >= 4 is 0 Å². The van der Waals surface area contributed by atoms with Gasteiger partial charge in [0.1, 0.15) is 0 Å². The van der Waals surface area contributed by atoms with E-state index in [2.05, 4.69) is 69.1 Å². The van der Waals surface area contributed by atoms with Crippen LogP contribution in [0.2, 0.25) is 0 Å². The van der Waals surface area contributed by atoms with Crippen molar-refractivity contribution in [2.24, 2.45) is 5.92 Å². The maximum absolute atomic E-state index is 3.47. The van der Waals surface area contributed by atoms with Crippen molar-refractivity contribution in [3.05, 3.63) is 35.4 Å². The van der Waals surface area contributed by atoms with Crippen LogP contribution in [0, 0.1) is 5.92 Å². The molecule has 0 aliphatic carbocycles. The molecule has 0 radical (unpaired) electrons. The Bertz CT molecular complexity index is 358. The van der Waals surface area contributed by atoms with Gasteiger partial charge >= 0.3 is 0 Å². The molecule has 0 spiro atoms. The molecule has 108 valence electrons. The van der Waals surface area contributed by atoms with E-state index in [0.29, 0.717) is 6.04 Å². The quantitative estimate of drug-likeness (QED) is 0.769. The van der Waals surface area contributed by atoms with E-state index < -0.39 is 0 Å². The SMILES string of the molecule is CCN(Cc1cccc(CNC(C)C)c1)CC(C)C. The zero-order chi connectivity index (χ0) is 14.3. The highest BCUT2D eigenvalue weighted by Gasteiger charge is 2.06. The lowest BCUT2D eigenvalue weighted by Gasteiger charge is -2.22. The van der Waals surface area contributed by atoms with E-state index in [1.807, 2.05) is 0 Å². The summed E-state index contributed by atoms with van der Waals surface area (Å²) in [5, 5.41) is 3.47. The topological polar surface area (TPSA) is 15.3 Å². The van der Waals surface area contributed by atoms with Gasteiger partial charge in [-0.1, -0.05) is 58.9 Å². The largest absolute Gasteiger partial charge is 0.310 e. The van der Waals surface area contributed by atoms with Gasteiger partial charge in [-0.15, -0.1) is 0 Å². The van der Waals surface area contributed by atoms with Crippen LogP contribution in [-0.4, -0.2) is 24.0 Å². The van der Waals surface area contributed by atoms with Gasteiger partial charge in [-0.2, -0.15) is 0 Å². The molecule has 1 N–H and O–H groups in total. The average Bonchev–Trinajstić information content (AvgIpc) is 2.35. The summed E-state index contributed by atoms with van der Waals surface area (Å²) >= 11 is 0. The molecule has 0 aliphatic rings. The highest BCUT2D eigenvalue weighted by atomic mass is 15.1. The predicted molar refractivity (Wildman–Crippen MR) is 84.2 cm³/mol. The molecule has 1 rings (SSSR count). The van der Waals surface area contributed by atoms with E-state index in [-0.39, 0.29) is 0 Å². The fraction of sp³-hybridized carbons (Fsp3) is 0.647. The third-order valence-corrected chi connectivity index (χ3v) is 3.18. The zero-order valence-electron chi connectivity index (χ0n) is 13.2. The number of hydrogen-bond donors (Lipinski definition) is 1. The van der Waals surface area contributed by atoms with Crippen LogP contribution < -0.4 is 5.32 Å². The molecule has 0 saturated heterocycles. The van der Waals surface area contributed by atoms with Crippen LogP contribution in [-0.2, 0) is 13.1 Å². The van der Waals surface area contributed by atoms with Crippen LogP contribution >= 0.6 is 0 Å². The fourth-order valence-corrected chi connectivity index (χ4v) is 2.24. The lowest BCUT2D eigenvalue weighted by molar-refractivity contribution is 0.248. The minimum atomic E-state index is 0.539. The molecule has 0 aliphatic heterocycles. The standard InChI is InChI=1S/C17H30N2/c1-6-19(12-14(2)3)13-17-9-7-8-16(10-17)11-18-15(4)5/h7-10,14-15,18H,6,11-13H2,1-5H3. The molecular weight excluding hydrogens is 232 g/mol. The number of benzene rings is 1. The van der Waals surface area contributed by atoms with Gasteiger partial charge in [0.05, 0.1) is 0 Å². The lowest BCUT2D eigenvalue weighted by Crippen LogP contribution is -2.27. The van der Waals surface area contributed by atoms with Crippen LogP contribution in [0.5, 0.6) is 0 Å². The maximum Gasteiger partial charge on any atom is 0.0233 e. The Hall–Kier alpha value is -0.860. The van der Waals surface area contributed by atoms with E-state index >= 15 is 0 Å². The molecule has 0 aromatic heterocycles. The fourth-order valence-electron chi connectivity index (χ4n) is 2.24. The average molecular weight is 262 g/mol. The second kappa shape index (κ2) is 8.34. The number of nitrogens with one attached hydrogen (secondary N) is 1. The number of rotatable bonds is 8. The third-order valence-electron chi connectivity index (χ3n) is 3.18. The van der Waals surface area contributed by atoms with Gasteiger partial charge in [0.15, 0.2) is 0 Å². The minimum Gasteiger partial charge on any atom is -0.310 e. The molecule has 0 fully saturated rings. The van der Waals surface area contributed by atoms with Gasteiger partial charge in [0.2, 0.25) is 0 Å². The molecule has 2 heteroatoms. The second-order valence-electron chi connectivity index (χ2n) is 6.08. The van der Waals surface area contributed by atoms with Gasteiger partial charge in [-0.3, -0.25) is 4.90 Å². The molecular formula is C17H30N2. The van der Waals surface area contributed by atoms with Crippen molar-refractivity contribution in [1.82, 2.24) is 10.2 Å². The molecule has 0 bridgehead atoms. The Morgan fingerprint density at radius 1 is 1.11 bits per heavy atom. The second-order valence-corrected chi connectivity index (χ2v) is 6.08. The Morgan fingerprint density at radius 2 is 1.79 bits per heavy atom. The van der Waals surface area contributed by atoms with Crippen LogP contribution in [0.4, 0.5) is 0 Å². The summed E-state index contributed by atoms with van der Waals surface area (Å²) < 4.78 is 0. The third kappa shape index (κ3) is 6.74. The van der Waals surface area contributed by atoms with Gasteiger partial charge in [-0.05, 0) is 23.6 Å². The summed E-state index contributed by atoms with van der Waals surface area (Å²) in [6.45, 7) is 15.5. The summed E-state index contributed by atoms with van der Waals surface area (Å²) in [6, 6.07) is 9.49. The summed E-state index contributed by atoms with van der Waals surface area (Å²) in [7, 11) is 0. The maximum atomic E-state index is 3.47. The first kappa shape index (κ1) is 16.2. The summed E-state index contributed by atoms with van der Waals surface area (Å²) in [5.74, 6) is 0.728. The number of nitrogens with zero attached hydrogens (tertiary/aromatic N) is 1. The Labute approximate surface area is 119 Å². The van der Waals surface area contributed by atoms with Gasteiger partial charge < -0.3 is 5.32 Å². The smallest absolute Gasteiger partial charge is 0.0233 e. The van der Waals surface area contributed by atoms with E-state index in [1.54, 1.807) is 0 Å². The number of hydrogen-bond acceptors (Lipinski definition) is 2. The highest BCUT2D eigenvalue weighted by molar-refractivity contribution is 5.23. The molecule has 0 heterocycles. The molecule has 19 heavy (non-hydrogen) atoms. The van der Waals surface area contributed by atoms with Gasteiger partial charge in [0, 0.05) is 25.7 Å². The Balaban J connectivity index is 2.59. The van der Waals surface area contributed by atoms with Crippen molar-refractivity contribution in [2.75, 3.05) is 13.1 Å². The summed E-state index contributed by atoms with van der Waals surface area (Å²) in [5.41, 5.74) is 2.80. The summed E-state index contributed by atoms with van der Waals surface area (Å²) in [6.07, 6.45) is 0. The molecule has 2 nitrogen and oxygen atoms in total. The van der Waals surface area contributed by atoms with Crippen molar-refractivity contribution in [2.45, 2.75) is 53.8 Å². The lowest BCUT2D eigenvalue weighted by atomic mass is 10.1. The Morgan fingerprint density at radius 3 is 2.37 bits per heavy atom. The monoisotopic (exact) mass is 262 g/mol.